The number of nitrogens with zero attached hydrogens (tertiary/aromatic N) is 4. The molecule has 1 aromatic carbocycles. The smallest absolute Gasteiger partial charge is 0.235 e. The minimum absolute atomic E-state index is 0.180. The fourth-order valence-corrected chi connectivity index (χ4v) is 2.33. The van der Waals surface area contributed by atoms with Crippen LogP contribution in [0.5, 0.6) is 0 Å². The lowest BCUT2D eigenvalue weighted by Gasteiger charge is -2.14. The summed E-state index contributed by atoms with van der Waals surface area (Å²) < 4.78 is 0. The summed E-state index contributed by atoms with van der Waals surface area (Å²) in [6, 6.07) is 11.4. The molecule has 7 heteroatoms. The number of hydrogen-bond donors (Lipinski definition) is 2. The second-order valence-corrected chi connectivity index (χ2v) is 5.25. The van der Waals surface area contributed by atoms with Crippen LogP contribution in [0.2, 0.25) is 0 Å². The van der Waals surface area contributed by atoms with Crippen molar-refractivity contribution in [2.24, 2.45) is 0 Å². The first-order valence-electron chi connectivity index (χ1n) is 7.22. The molecule has 0 fully saturated rings. The number of H-pyrrole nitrogens is 1. The van der Waals surface area contributed by atoms with Crippen molar-refractivity contribution >= 4 is 11.6 Å². The van der Waals surface area contributed by atoms with Crippen LogP contribution >= 0.6 is 0 Å². The van der Waals surface area contributed by atoms with Crippen molar-refractivity contribution in [3.63, 3.8) is 0 Å². The van der Waals surface area contributed by atoms with Crippen molar-refractivity contribution < 1.29 is 4.79 Å². The van der Waals surface area contributed by atoms with Gasteiger partial charge in [-0.3, -0.25) is 9.78 Å². The number of carbonyl (C=O) groups is 1. The number of hydrogen-bond acceptors (Lipinski definition) is 5. The summed E-state index contributed by atoms with van der Waals surface area (Å²) >= 11 is 0. The van der Waals surface area contributed by atoms with Gasteiger partial charge in [0.1, 0.15) is 5.92 Å². The standard InChI is InChI=1S/C16H16N6O/c1-11-4-2-6-13(8-11)18-16(23)14(15-19-21-22-20-15)9-12-5-3-7-17-10-12/h2-8,10,14H,9H2,1H3,(H,18,23)(H,19,20,21,22)/t14-/m0/s1. The summed E-state index contributed by atoms with van der Waals surface area (Å²) in [5, 5.41) is 16.8. The quantitative estimate of drug-likeness (QED) is 0.750. The number of aromatic nitrogens is 5. The first-order chi connectivity index (χ1) is 11.2. The van der Waals surface area contributed by atoms with Crippen LogP contribution in [0.1, 0.15) is 22.9 Å². The van der Waals surface area contributed by atoms with E-state index >= 15 is 0 Å². The van der Waals surface area contributed by atoms with Gasteiger partial charge in [0.25, 0.3) is 0 Å². The van der Waals surface area contributed by atoms with E-state index in [1.807, 2.05) is 43.3 Å². The average molecular weight is 308 g/mol. The SMILES string of the molecule is Cc1cccc(NC(=O)[C@@H](Cc2cccnc2)c2nn[nH]n2)c1. The Balaban J connectivity index is 1.82. The number of aryl methyl sites for hydroxylation is 1. The molecule has 7 nitrogen and oxygen atoms in total. The molecular formula is C16H16N6O. The number of tetrazole rings is 1. The molecule has 3 rings (SSSR count). The highest BCUT2D eigenvalue weighted by atomic mass is 16.1. The molecule has 2 aromatic heterocycles. The zero-order valence-corrected chi connectivity index (χ0v) is 12.6. The Morgan fingerprint density at radius 1 is 1.30 bits per heavy atom. The number of carbonyl (C=O) groups excluding carboxylic acids is 1. The van der Waals surface area contributed by atoms with Gasteiger partial charge in [0.2, 0.25) is 5.91 Å². The van der Waals surface area contributed by atoms with Crippen LogP contribution in [-0.4, -0.2) is 31.5 Å². The van der Waals surface area contributed by atoms with E-state index in [2.05, 4.69) is 30.9 Å². The highest BCUT2D eigenvalue weighted by Crippen LogP contribution is 2.20. The maximum atomic E-state index is 12.7. The minimum atomic E-state index is -0.543. The Bertz CT molecular complexity index is 772. The third-order valence-electron chi connectivity index (χ3n) is 3.44. The molecule has 0 saturated heterocycles. The lowest BCUT2D eigenvalue weighted by Crippen LogP contribution is -2.24. The maximum absolute atomic E-state index is 12.7. The molecule has 0 unspecified atom stereocenters. The number of amides is 1. The van der Waals surface area contributed by atoms with Crippen molar-refractivity contribution in [2.45, 2.75) is 19.3 Å². The lowest BCUT2D eigenvalue weighted by atomic mass is 9.98. The normalized spacial score (nSPS) is 11.9. The zero-order chi connectivity index (χ0) is 16.1. The first-order valence-corrected chi connectivity index (χ1v) is 7.22. The first kappa shape index (κ1) is 14.8. The second-order valence-electron chi connectivity index (χ2n) is 5.25. The largest absolute Gasteiger partial charge is 0.325 e. The van der Waals surface area contributed by atoms with Gasteiger partial charge in [0, 0.05) is 18.1 Å². The van der Waals surface area contributed by atoms with Crippen LogP contribution < -0.4 is 5.32 Å². The highest BCUT2D eigenvalue weighted by molar-refractivity contribution is 5.95. The number of nitrogens with one attached hydrogen (secondary N) is 2. The molecule has 2 heterocycles. The van der Waals surface area contributed by atoms with E-state index in [0.29, 0.717) is 12.2 Å². The third-order valence-corrected chi connectivity index (χ3v) is 3.44. The molecule has 0 aliphatic heterocycles. The molecule has 1 amide bonds. The predicted octanol–water partition coefficient (Wildman–Crippen LogP) is 1.87. The highest BCUT2D eigenvalue weighted by Gasteiger charge is 2.25. The van der Waals surface area contributed by atoms with Crippen LogP contribution in [-0.2, 0) is 11.2 Å². The lowest BCUT2D eigenvalue weighted by molar-refractivity contribution is -0.117. The molecule has 0 radical (unpaired) electrons. The maximum Gasteiger partial charge on any atom is 0.235 e. The van der Waals surface area contributed by atoms with Crippen LogP contribution in [0.3, 0.4) is 0 Å². The van der Waals surface area contributed by atoms with Crippen molar-refractivity contribution in [1.29, 1.82) is 0 Å². The second kappa shape index (κ2) is 6.78. The summed E-state index contributed by atoms with van der Waals surface area (Å²) in [5.74, 6) is -0.363. The van der Waals surface area contributed by atoms with Crippen molar-refractivity contribution in [3.05, 3.63) is 65.7 Å². The number of pyridine rings is 1. The molecule has 2 N–H and O–H groups in total. The van der Waals surface area contributed by atoms with Crippen molar-refractivity contribution in [1.82, 2.24) is 25.6 Å². The molecule has 0 aliphatic carbocycles. The van der Waals surface area contributed by atoms with E-state index in [1.54, 1.807) is 12.4 Å². The predicted molar refractivity (Wildman–Crippen MR) is 84.7 cm³/mol. The number of anilines is 1. The van der Waals surface area contributed by atoms with Gasteiger partial charge in [-0.2, -0.15) is 5.21 Å². The van der Waals surface area contributed by atoms with Crippen molar-refractivity contribution in [2.75, 3.05) is 5.32 Å². The fourth-order valence-electron chi connectivity index (χ4n) is 2.33. The monoisotopic (exact) mass is 308 g/mol. The number of rotatable bonds is 5. The third kappa shape index (κ3) is 3.76. The summed E-state index contributed by atoms with van der Waals surface area (Å²) in [4.78, 5) is 16.8. The molecule has 0 saturated carbocycles. The molecule has 0 spiro atoms. The molecule has 0 bridgehead atoms. The Morgan fingerprint density at radius 3 is 2.91 bits per heavy atom. The topological polar surface area (TPSA) is 96.5 Å². The van der Waals surface area contributed by atoms with Gasteiger partial charge >= 0.3 is 0 Å². The van der Waals surface area contributed by atoms with E-state index in [0.717, 1.165) is 16.8 Å². The van der Waals surface area contributed by atoms with Crippen LogP contribution in [0, 0.1) is 6.92 Å². The average Bonchev–Trinajstić information content (AvgIpc) is 3.07. The number of aromatic amines is 1. The van der Waals surface area contributed by atoms with E-state index in [1.165, 1.54) is 0 Å². The van der Waals surface area contributed by atoms with Crippen LogP contribution in [0.4, 0.5) is 5.69 Å². The van der Waals surface area contributed by atoms with Crippen LogP contribution in [0.25, 0.3) is 0 Å². The Hall–Kier alpha value is -3.09. The van der Waals surface area contributed by atoms with E-state index in [4.69, 9.17) is 0 Å². The molecule has 116 valence electrons. The molecular weight excluding hydrogens is 292 g/mol. The van der Waals surface area contributed by atoms with Gasteiger partial charge in [-0.05, 0) is 42.7 Å². The summed E-state index contributed by atoms with van der Waals surface area (Å²) in [6.07, 6.45) is 3.87. The van der Waals surface area contributed by atoms with Gasteiger partial charge in [0.15, 0.2) is 5.82 Å². The van der Waals surface area contributed by atoms with E-state index < -0.39 is 5.92 Å². The molecule has 0 aliphatic rings. The Kier molecular flexibility index (Phi) is 4.37. The Labute approximate surface area is 133 Å². The van der Waals surface area contributed by atoms with Gasteiger partial charge in [-0.1, -0.05) is 23.4 Å². The zero-order valence-electron chi connectivity index (χ0n) is 12.6. The van der Waals surface area contributed by atoms with E-state index in [9.17, 15) is 4.79 Å². The molecule has 1 atom stereocenters. The molecule has 23 heavy (non-hydrogen) atoms. The Morgan fingerprint density at radius 2 is 2.22 bits per heavy atom. The summed E-state index contributed by atoms with van der Waals surface area (Å²) in [6.45, 7) is 1.97. The van der Waals surface area contributed by atoms with Crippen LogP contribution in [0.15, 0.2) is 48.8 Å². The minimum Gasteiger partial charge on any atom is -0.325 e. The summed E-state index contributed by atoms with van der Waals surface area (Å²) in [5.41, 5.74) is 2.75. The van der Waals surface area contributed by atoms with Crippen molar-refractivity contribution in [3.8, 4) is 0 Å². The van der Waals surface area contributed by atoms with Gasteiger partial charge in [-0.15, -0.1) is 10.2 Å². The van der Waals surface area contributed by atoms with Gasteiger partial charge in [-0.25, -0.2) is 0 Å². The van der Waals surface area contributed by atoms with Gasteiger partial charge < -0.3 is 5.32 Å². The summed E-state index contributed by atoms with van der Waals surface area (Å²) in [7, 11) is 0. The van der Waals surface area contributed by atoms with Gasteiger partial charge in [0.05, 0.1) is 0 Å². The number of benzene rings is 1. The van der Waals surface area contributed by atoms with E-state index in [-0.39, 0.29) is 5.91 Å². The molecule has 3 aromatic rings. The fraction of sp³-hybridized carbons (Fsp3) is 0.188.